The van der Waals surface area contributed by atoms with Gasteiger partial charge in [0.1, 0.15) is 12.1 Å². The van der Waals surface area contributed by atoms with Gasteiger partial charge in [0.2, 0.25) is 11.8 Å². The molecule has 0 aromatic heterocycles. The highest BCUT2D eigenvalue weighted by atomic mass is 16.7. The van der Waals surface area contributed by atoms with Crippen LogP contribution in [0.15, 0.2) is 0 Å². The fourth-order valence-electron chi connectivity index (χ4n) is 12.9. The number of ether oxygens (including phenoxy) is 1. The molecule has 3 unspecified atom stereocenters. The van der Waals surface area contributed by atoms with Gasteiger partial charge in [-0.1, -0.05) is 59.3 Å². The Kier molecular flexibility index (Phi) is 14.2. The number of hydrogen-bond donors (Lipinski definition) is 3. The summed E-state index contributed by atoms with van der Waals surface area (Å²) in [4.78, 5) is 39.0. The topological polar surface area (TPSA) is 115 Å². The molecule has 54 heavy (non-hydrogen) atoms. The van der Waals surface area contributed by atoms with E-state index in [1.54, 1.807) is 6.92 Å². The smallest absolute Gasteiger partial charge is 0.240 e. The number of amides is 2. The molecule has 7 rings (SSSR count). The van der Waals surface area contributed by atoms with Crippen molar-refractivity contribution in [1.82, 2.24) is 20.2 Å². The van der Waals surface area contributed by atoms with Crippen LogP contribution in [0.5, 0.6) is 0 Å². The fourth-order valence-corrected chi connectivity index (χ4v) is 12.9. The quantitative estimate of drug-likeness (QED) is 0.206. The molecule has 1 saturated heterocycles. The molecule has 7 fully saturated rings. The SMILES string of the molecule is COC1C(CN2O[C@@H](CO)[C@@H]([C@H](C)O)[C@H]2C(=O)N[C@H]2C[C@H]3C[C@@H]([C@@H]2C)C3(C)C)CCCC1C1CCC(C(=O)N(C)[C@@H](CC2CCCCC2)CN(C)C)CC1. The Morgan fingerprint density at radius 2 is 1.69 bits per heavy atom. The van der Waals surface area contributed by atoms with E-state index in [0.717, 1.165) is 70.3 Å². The second-order valence-electron chi connectivity index (χ2n) is 20.0. The first kappa shape index (κ1) is 42.3. The first-order valence-corrected chi connectivity index (χ1v) is 22.2. The third kappa shape index (κ3) is 8.89. The predicted molar refractivity (Wildman–Crippen MR) is 212 cm³/mol. The highest BCUT2D eigenvalue weighted by Gasteiger charge is 2.58. The van der Waals surface area contributed by atoms with Gasteiger partial charge < -0.3 is 30.1 Å². The number of nitrogens with zero attached hydrogens (tertiary/aromatic N) is 3. The first-order valence-electron chi connectivity index (χ1n) is 22.2. The van der Waals surface area contributed by atoms with Crippen molar-refractivity contribution in [2.45, 2.75) is 160 Å². The molecule has 10 heteroatoms. The van der Waals surface area contributed by atoms with Gasteiger partial charge in [-0.3, -0.25) is 14.4 Å². The molecular formula is C44H78N4O6. The Hall–Kier alpha value is -1.30. The normalized spacial score (nSPS) is 39.8. The van der Waals surface area contributed by atoms with E-state index >= 15 is 0 Å². The van der Waals surface area contributed by atoms with E-state index in [4.69, 9.17) is 9.57 Å². The van der Waals surface area contributed by atoms with E-state index < -0.39 is 24.2 Å². The van der Waals surface area contributed by atoms with Crippen LogP contribution in [-0.4, -0.2) is 121 Å². The van der Waals surface area contributed by atoms with Gasteiger partial charge in [-0.2, -0.15) is 5.06 Å². The molecule has 0 aromatic rings. The summed E-state index contributed by atoms with van der Waals surface area (Å²) in [6.45, 7) is 9.94. The van der Waals surface area contributed by atoms with E-state index in [1.807, 2.05) is 12.2 Å². The van der Waals surface area contributed by atoms with E-state index in [-0.39, 0.29) is 42.5 Å². The van der Waals surface area contributed by atoms with Crippen molar-refractivity contribution in [1.29, 1.82) is 0 Å². The fraction of sp³-hybridized carbons (Fsp3) is 0.955. The summed E-state index contributed by atoms with van der Waals surface area (Å²) in [7, 11) is 8.15. The van der Waals surface area contributed by atoms with Gasteiger partial charge in [-0.05, 0) is 120 Å². The number of aliphatic hydroxyl groups excluding tert-OH is 2. The third-order valence-corrected chi connectivity index (χ3v) is 16.3. The third-order valence-electron chi connectivity index (χ3n) is 16.3. The van der Waals surface area contributed by atoms with Gasteiger partial charge in [0.25, 0.3) is 0 Å². The highest BCUT2D eigenvalue weighted by molar-refractivity contribution is 5.83. The average molecular weight is 759 g/mol. The zero-order chi connectivity index (χ0) is 38.9. The number of rotatable bonds is 14. The molecule has 2 bridgehead atoms. The minimum Gasteiger partial charge on any atom is -0.394 e. The number of carbonyl (C=O) groups excluding carboxylic acids is 2. The molecule has 0 aromatic carbocycles. The van der Waals surface area contributed by atoms with E-state index in [9.17, 15) is 19.8 Å². The Balaban J connectivity index is 1.08. The molecule has 7 aliphatic rings. The molecule has 2 amide bonds. The molecule has 12 atom stereocenters. The lowest BCUT2D eigenvalue weighted by Gasteiger charge is -2.62. The summed E-state index contributed by atoms with van der Waals surface area (Å²) < 4.78 is 6.37. The molecule has 1 aliphatic heterocycles. The maximum Gasteiger partial charge on any atom is 0.240 e. The molecule has 0 radical (unpaired) electrons. The number of nitrogens with one attached hydrogen (secondary N) is 1. The number of hydroxylamine groups is 2. The predicted octanol–water partition coefficient (Wildman–Crippen LogP) is 5.74. The van der Waals surface area contributed by atoms with Crippen molar-refractivity contribution in [2.24, 2.45) is 58.7 Å². The summed E-state index contributed by atoms with van der Waals surface area (Å²) in [5.41, 5.74) is 0.328. The number of hydrogen-bond acceptors (Lipinski definition) is 8. The summed E-state index contributed by atoms with van der Waals surface area (Å²) in [6.07, 6.45) is 15.7. The van der Waals surface area contributed by atoms with Crippen molar-refractivity contribution in [2.75, 3.05) is 47.9 Å². The lowest BCUT2D eigenvalue weighted by Crippen LogP contribution is -2.62. The number of likely N-dealkylation sites (N-methyl/N-ethyl adjacent to an activating group) is 2. The molecule has 0 spiro atoms. The molecular weight excluding hydrogens is 681 g/mol. The van der Waals surface area contributed by atoms with E-state index in [0.29, 0.717) is 47.5 Å². The second kappa shape index (κ2) is 18.1. The monoisotopic (exact) mass is 759 g/mol. The number of aliphatic hydroxyl groups is 2. The minimum absolute atomic E-state index is 0.0249. The number of methoxy groups -OCH3 is 1. The van der Waals surface area contributed by atoms with Crippen molar-refractivity contribution >= 4 is 11.8 Å². The van der Waals surface area contributed by atoms with Crippen molar-refractivity contribution in [3.63, 3.8) is 0 Å². The van der Waals surface area contributed by atoms with Gasteiger partial charge in [0.15, 0.2) is 0 Å². The van der Waals surface area contributed by atoms with Crippen LogP contribution >= 0.6 is 0 Å². The number of fused-ring (bicyclic) bond motifs is 2. The highest BCUT2D eigenvalue weighted by Crippen LogP contribution is 2.61. The Morgan fingerprint density at radius 1 is 0.981 bits per heavy atom. The second-order valence-corrected chi connectivity index (χ2v) is 20.0. The summed E-state index contributed by atoms with van der Waals surface area (Å²) in [6, 6.07) is -0.291. The Labute approximate surface area is 327 Å². The van der Waals surface area contributed by atoms with Crippen LogP contribution in [0.3, 0.4) is 0 Å². The molecule has 1 heterocycles. The van der Waals surface area contributed by atoms with E-state index in [1.165, 1.54) is 38.5 Å². The minimum atomic E-state index is -0.807. The van der Waals surface area contributed by atoms with Crippen LogP contribution in [0.1, 0.15) is 124 Å². The maximum atomic E-state index is 14.3. The molecule has 6 saturated carbocycles. The van der Waals surface area contributed by atoms with Gasteiger partial charge in [-0.25, -0.2) is 0 Å². The van der Waals surface area contributed by atoms with Crippen LogP contribution < -0.4 is 5.32 Å². The Morgan fingerprint density at radius 3 is 2.28 bits per heavy atom. The van der Waals surface area contributed by atoms with Gasteiger partial charge in [0.05, 0.1) is 18.8 Å². The van der Waals surface area contributed by atoms with Gasteiger partial charge in [0, 0.05) is 57.1 Å². The van der Waals surface area contributed by atoms with Crippen LogP contribution in [0.2, 0.25) is 0 Å². The van der Waals surface area contributed by atoms with Crippen LogP contribution in [0, 0.1) is 58.7 Å². The van der Waals surface area contributed by atoms with Crippen molar-refractivity contribution in [3.8, 4) is 0 Å². The van der Waals surface area contributed by atoms with Crippen molar-refractivity contribution < 1.29 is 29.4 Å². The first-order chi connectivity index (χ1) is 25.7. The van der Waals surface area contributed by atoms with Crippen molar-refractivity contribution in [3.05, 3.63) is 0 Å². The van der Waals surface area contributed by atoms with Crippen LogP contribution in [0.25, 0.3) is 0 Å². The number of carbonyl (C=O) groups is 2. The summed E-state index contributed by atoms with van der Waals surface area (Å²) in [5, 5.41) is 26.6. The standard InChI is InChI=1S/C44H78N4O6/c1-27-36-22-33(44(36,3)4)23-37(27)45-42(51)40-39(28(2)50)38(26-49)54-48(40)24-32-15-12-16-35(41(32)53-8)30-17-19-31(20-18-30)43(52)47(7)34(25-46(5)6)21-29-13-10-9-11-14-29/h27-41,49-50H,9-26H2,1-8H3,(H,45,51)/t27-,28-,30?,31?,32?,33+,34-,35?,36-,37-,38-,39+,40-,41?/m0/s1. The molecule has 10 nitrogen and oxygen atoms in total. The molecule has 6 aliphatic carbocycles. The van der Waals surface area contributed by atoms with Gasteiger partial charge >= 0.3 is 0 Å². The van der Waals surface area contributed by atoms with Gasteiger partial charge in [-0.15, -0.1) is 0 Å². The average Bonchev–Trinajstić information content (AvgIpc) is 3.53. The lowest BCUT2D eigenvalue weighted by molar-refractivity contribution is -0.193. The zero-order valence-electron chi connectivity index (χ0n) is 35.3. The molecule has 3 N–H and O–H groups in total. The maximum absolute atomic E-state index is 14.3. The summed E-state index contributed by atoms with van der Waals surface area (Å²) in [5.74, 6) is 3.25. The Bertz CT molecular complexity index is 1230. The van der Waals surface area contributed by atoms with Crippen LogP contribution in [-0.2, 0) is 19.2 Å². The van der Waals surface area contributed by atoms with E-state index in [2.05, 4.69) is 57.0 Å². The summed E-state index contributed by atoms with van der Waals surface area (Å²) >= 11 is 0. The molecule has 310 valence electrons. The van der Waals surface area contributed by atoms with Crippen LogP contribution in [0.4, 0.5) is 0 Å². The largest absolute Gasteiger partial charge is 0.394 e. The zero-order valence-corrected chi connectivity index (χ0v) is 35.3. The lowest BCUT2D eigenvalue weighted by atomic mass is 9.45.